The molecule has 40 heavy (non-hydrogen) atoms. The fourth-order valence-electron chi connectivity index (χ4n) is 5.35. The lowest BCUT2D eigenvalue weighted by Crippen LogP contribution is -2.29. The van der Waals surface area contributed by atoms with E-state index in [1.165, 1.54) is 148 Å². The van der Waals surface area contributed by atoms with Crippen molar-refractivity contribution < 1.29 is 19.3 Å². The summed E-state index contributed by atoms with van der Waals surface area (Å²) in [6.07, 6.45) is 30.6. The van der Waals surface area contributed by atoms with Crippen LogP contribution >= 0.6 is 0 Å². The topological polar surface area (TPSA) is 51.2 Å². The van der Waals surface area contributed by atoms with Crippen molar-refractivity contribution in [1.29, 1.82) is 0 Å². The fraction of sp³-hybridized carbons (Fsp3) is 1.00. The zero-order chi connectivity index (χ0) is 29.2. The number of ether oxygens (including phenoxy) is 3. The van der Waals surface area contributed by atoms with Crippen molar-refractivity contribution in [3.63, 3.8) is 0 Å². The van der Waals surface area contributed by atoms with Crippen molar-refractivity contribution in [3.05, 3.63) is 0 Å². The first kappa shape index (κ1) is 39.8. The van der Waals surface area contributed by atoms with Crippen LogP contribution in [-0.2, 0) is 14.2 Å². The highest BCUT2D eigenvalue weighted by atomic mass is 16.7. The van der Waals surface area contributed by atoms with Crippen LogP contribution in [0.25, 0.3) is 0 Å². The van der Waals surface area contributed by atoms with Gasteiger partial charge in [0.05, 0.1) is 6.61 Å². The van der Waals surface area contributed by atoms with Gasteiger partial charge in [-0.05, 0) is 58.0 Å². The van der Waals surface area contributed by atoms with Gasteiger partial charge in [-0.1, -0.05) is 123 Å². The molecule has 242 valence electrons. The van der Waals surface area contributed by atoms with Gasteiger partial charge in [-0.15, -0.1) is 0 Å². The quantitative estimate of drug-likeness (QED) is 0.0606. The number of aliphatic hydroxyl groups is 1. The summed E-state index contributed by atoms with van der Waals surface area (Å²) in [5.74, 6) is 0. The van der Waals surface area contributed by atoms with Gasteiger partial charge in [-0.3, -0.25) is 0 Å². The molecule has 0 aliphatic heterocycles. The van der Waals surface area contributed by atoms with Crippen LogP contribution in [0.15, 0.2) is 0 Å². The van der Waals surface area contributed by atoms with Gasteiger partial charge < -0.3 is 24.2 Å². The van der Waals surface area contributed by atoms with E-state index in [1.54, 1.807) is 7.11 Å². The second-order valence-electron chi connectivity index (χ2n) is 11.9. The monoisotopic (exact) mass is 572 g/mol. The zero-order valence-electron chi connectivity index (χ0n) is 27.6. The van der Waals surface area contributed by atoms with Gasteiger partial charge in [0.1, 0.15) is 0 Å². The molecular weight excluding hydrogens is 498 g/mol. The lowest BCUT2D eigenvalue weighted by atomic mass is 10.1. The summed E-state index contributed by atoms with van der Waals surface area (Å²) in [6.45, 7) is 10.5. The molecule has 0 rings (SSSR count). The minimum absolute atomic E-state index is 0.00805. The summed E-state index contributed by atoms with van der Waals surface area (Å²) in [6, 6.07) is 0. The third-order valence-electron chi connectivity index (χ3n) is 8.01. The number of aliphatic hydroxyl groups excluding tert-OH is 1. The Hall–Kier alpha value is -0.200. The molecule has 0 unspecified atom stereocenters. The number of hydrogen-bond acceptors (Lipinski definition) is 5. The number of rotatable bonds is 35. The number of unbranched alkanes of at least 4 members (excludes halogenated alkanes) is 19. The van der Waals surface area contributed by atoms with Crippen molar-refractivity contribution in [2.75, 3.05) is 53.2 Å². The second-order valence-corrected chi connectivity index (χ2v) is 11.9. The van der Waals surface area contributed by atoms with Crippen LogP contribution in [0.1, 0.15) is 168 Å². The first-order valence-corrected chi connectivity index (χ1v) is 17.8. The van der Waals surface area contributed by atoms with Crippen LogP contribution in [0.2, 0.25) is 0 Å². The summed E-state index contributed by atoms with van der Waals surface area (Å²) < 4.78 is 17.5. The molecule has 0 aromatic rings. The molecule has 0 fully saturated rings. The van der Waals surface area contributed by atoms with E-state index >= 15 is 0 Å². The van der Waals surface area contributed by atoms with Crippen LogP contribution in [0.4, 0.5) is 0 Å². The SMILES string of the molecule is CCCCCCCCOC(CCCCCCCN(CCO)CCCCCCCCOC)OCCCCCCCC. The Morgan fingerprint density at radius 2 is 0.875 bits per heavy atom. The summed E-state index contributed by atoms with van der Waals surface area (Å²) >= 11 is 0. The maximum Gasteiger partial charge on any atom is 0.157 e. The molecule has 5 nitrogen and oxygen atoms in total. The zero-order valence-corrected chi connectivity index (χ0v) is 27.6. The summed E-state index contributed by atoms with van der Waals surface area (Å²) in [5.41, 5.74) is 0. The number of hydrogen-bond donors (Lipinski definition) is 1. The second kappa shape index (κ2) is 35.0. The third kappa shape index (κ3) is 30.8. The summed E-state index contributed by atoms with van der Waals surface area (Å²) in [5, 5.41) is 9.46. The lowest BCUT2D eigenvalue weighted by molar-refractivity contribution is -0.148. The molecule has 0 aromatic heterocycles. The van der Waals surface area contributed by atoms with Crippen molar-refractivity contribution in [2.45, 2.75) is 174 Å². The van der Waals surface area contributed by atoms with Crippen LogP contribution in [0.5, 0.6) is 0 Å². The van der Waals surface area contributed by atoms with E-state index in [-0.39, 0.29) is 12.9 Å². The smallest absolute Gasteiger partial charge is 0.157 e. The highest BCUT2D eigenvalue weighted by Crippen LogP contribution is 2.14. The molecular formula is C35H73NO4. The maximum absolute atomic E-state index is 9.46. The molecule has 1 N–H and O–H groups in total. The minimum Gasteiger partial charge on any atom is -0.395 e. The minimum atomic E-state index is -0.00805. The Balaban J connectivity index is 3.99. The molecule has 0 saturated heterocycles. The van der Waals surface area contributed by atoms with E-state index in [0.29, 0.717) is 0 Å². The van der Waals surface area contributed by atoms with Gasteiger partial charge in [-0.2, -0.15) is 0 Å². The normalized spacial score (nSPS) is 11.8. The van der Waals surface area contributed by atoms with Crippen molar-refractivity contribution in [2.24, 2.45) is 0 Å². The van der Waals surface area contributed by atoms with E-state index in [9.17, 15) is 5.11 Å². The van der Waals surface area contributed by atoms with Crippen LogP contribution in [0.3, 0.4) is 0 Å². The number of methoxy groups -OCH3 is 1. The van der Waals surface area contributed by atoms with E-state index in [1.807, 2.05) is 0 Å². The molecule has 5 heteroatoms. The Morgan fingerprint density at radius 3 is 1.32 bits per heavy atom. The predicted molar refractivity (Wildman–Crippen MR) is 173 cm³/mol. The Labute approximate surface area is 251 Å². The molecule has 0 bridgehead atoms. The molecule has 0 atom stereocenters. The van der Waals surface area contributed by atoms with Gasteiger partial charge in [0.15, 0.2) is 6.29 Å². The summed E-state index contributed by atoms with van der Waals surface area (Å²) in [7, 11) is 1.78. The number of nitrogens with zero attached hydrogens (tertiary/aromatic N) is 1. The standard InChI is InChI=1S/C35H73NO4/c1-4-6-8-10-19-25-33-39-35(40-34-26-20-11-9-7-5-2)27-21-15-14-17-23-29-36(30-31-37)28-22-16-12-13-18-24-32-38-3/h35,37H,4-34H2,1-3H3. The first-order valence-electron chi connectivity index (χ1n) is 17.8. The summed E-state index contributed by atoms with van der Waals surface area (Å²) in [4.78, 5) is 2.47. The molecule has 0 aliphatic rings. The van der Waals surface area contributed by atoms with E-state index in [0.717, 1.165) is 45.9 Å². The fourth-order valence-corrected chi connectivity index (χ4v) is 5.35. The highest BCUT2D eigenvalue weighted by Gasteiger charge is 2.10. The van der Waals surface area contributed by atoms with Gasteiger partial charge >= 0.3 is 0 Å². The van der Waals surface area contributed by atoms with Crippen LogP contribution < -0.4 is 0 Å². The third-order valence-corrected chi connectivity index (χ3v) is 8.01. The highest BCUT2D eigenvalue weighted by molar-refractivity contribution is 4.59. The lowest BCUT2D eigenvalue weighted by Gasteiger charge is -2.21. The van der Waals surface area contributed by atoms with Gasteiger partial charge in [-0.25, -0.2) is 0 Å². The van der Waals surface area contributed by atoms with E-state index in [4.69, 9.17) is 14.2 Å². The molecule has 0 saturated carbocycles. The van der Waals surface area contributed by atoms with Gasteiger partial charge in [0.2, 0.25) is 0 Å². The Bertz CT molecular complexity index is 433. The van der Waals surface area contributed by atoms with Crippen LogP contribution in [-0.4, -0.2) is 69.5 Å². The maximum atomic E-state index is 9.46. The van der Waals surface area contributed by atoms with Crippen molar-refractivity contribution in [3.8, 4) is 0 Å². The Kier molecular flexibility index (Phi) is 34.8. The Morgan fingerprint density at radius 1 is 0.475 bits per heavy atom. The molecule has 0 heterocycles. The van der Waals surface area contributed by atoms with E-state index in [2.05, 4.69) is 18.7 Å². The van der Waals surface area contributed by atoms with Crippen molar-refractivity contribution >= 4 is 0 Å². The molecule has 0 aliphatic carbocycles. The largest absolute Gasteiger partial charge is 0.395 e. The molecule has 0 aromatic carbocycles. The molecule has 0 spiro atoms. The first-order chi connectivity index (χ1) is 19.8. The molecule has 0 radical (unpaired) electrons. The predicted octanol–water partition coefficient (Wildman–Crippen LogP) is 9.69. The average molecular weight is 572 g/mol. The van der Waals surface area contributed by atoms with Gasteiger partial charge in [0.25, 0.3) is 0 Å². The molecule has 0 amide bonds. The van der Waals surface area contributed by atoms with Gasteiger partial charge in [0, 0.05) is 33.5 Å². The average Bonchev–Trinajstić information content (AvgIpc) is 2.96. The van der Waals surface area contributed by atoms with Crippen LogP contribution in [0, 0.1) is 0 Å². The van der Waals surface area contributed by atoms with Crippen molar-refractivity contribution in [1.82, 2.24) is 4.90 Å². The van der Waals surface area contributed by atoms with E-state index < -0.39 is 0 Å².